The number of nitrogens with zero attached hydrogens (tertiary/aromatic N) is 2. The van der Waals surface area contributed by atoms with Crippen LogP contribution in [0.25, 0.3) is 0 Å². The van der Waals surface area contributed by atoms with E-state index in [0.29, 0.717) is 17.2 Å². The molecule has 1 N–H and O–H groups in total. The van der Waals surface area contributed by atoms with Crippen LogP contribution in [-0.2, 0) is 16.1 Å². The molecule has 5 rings (SSSR count). The van der Waals surface area contributed by atoms with Gasteiger partial charge in [-0.25, -0.2) is 13.8 Å². The van der Waals surface area contributed by atoms with Gasteiger partial charge < -0.3 is 14.8 Å². The highest BCUT2D eigenvalue weighted by atomic mass is 32.2. The highest BCUT2D eigenvalue weighted by Gasteiger charge is 2.36. The molecule has 7 nitrogen and oxygen atoms in total. The van der Waals surface area contributed by atoms with Gasteiger partial charge in [-0.15, -0.1) is 0 Å². The maximum absolute atomic E-state index is 14.0. The molecule has 178 valence electrons. The van der Waals surface area contributed by atoms with Gasteiger partial charge in [-0.05, 0) is 54.1 Å². The van der Waals surface area contributed by atoms with E-state index in [2.05, 4.69) is 10.3 Å². The number of carbonyl (C=O) groups is 2. The van der Waals surface area contributed by atoms with Crippen molar-refractivity contribution in [3.63, 3.8) is 0 Å². The number of aliphatic imine (C=N–C) groups is 1. The quantitative estimate of drug-likeness (QED) is 0.547. The van der Waals surface area contributed by atoms with Crippen molar-refractivity contribution in [3.8, 4) is 11.5 Å². The van der Waals surface area contributed by atoms with Crippen LogP contribution in [-0.4, -0.2) is 33.9 Å². The van der Waals surface area contributed by atoms with E-state index >= 15 is 0 Å². The largest absolute Gasteiger partial charge is 0.454 e. The molecule has 1 saturated heterocycles. The zero-order chi connectivity index (χ0) is 24.4. The van der Waals surface area contributed by atoms with Crippen molar-refractivity contribution in [3.05, 3.63) is 83.9 Å². The summed E-state index contributed by atoms with van der Waals surface area (Å²) < 4.78 is 38.2. The van der Waals surface area contributed by atoms with Gasteiger partial charge in [0.15, 0.2) is 16.7 Å². The SMILES string of the molecule is O=C(Nc1ccccc1F)C1CC(=O)N(Cc2ccc3c(c2)OCO3)C(=Nc2ccc(F)cc2)S1. The van der Waals surface area contributed by atoms with Gasteiger partial charge in [0.25, 0.3) is 0 Å². The molecule has 10 heteroatoms. The third-order valence-corrected chi connectivity index (χ3v) is 6.58. The predicted octanol–water partition coefficient (Wildman–Crippen LogP) is 4.85. The topological polar surface area (TPSA) is 80.2 Å². The molecule has 2 amide bonds. The lowest BCUT2D eigenvalue weighted by Gasteiger charge is -2.32. The second-order valence-electron chi connectivity index (χ2n) is 7.82. The van der Waals surface area contributed by atoms with Crippen molar-refractivity contribution < 1.29 is 27.8 Å². The number of para-hydroxylation sites is 1. The standard InChI is InChI=1S/C25H19F2N3O4S/c26-16-6-8-17(9-7-16)28-25-30(13-15-5-10-20-21(11-15)34-14-33-20)23(31)12-22(35-25)24(32)29-19-4-2-1-3-18(19)27/h1-11,22H,12-14H2,(H,29,32). The number of amidine groups is 1. The first-order valence-electron chi connectivity index (χ1n) is 10.7. The van der Waals surface area contributed by atoms with Gasteiger partial charge in [0.1, 0.15) is 16.9 Å². The number of amides is 2. The van der Waals surface area contributed by atoms with E-state index in [0.717, 1.165) is 17.3 Å². The van der Waals surface area contributed by atoms with Gasteiger partial charge in [0.05, 0.1) is 17.9 Å². The Labute approximate surface area is 203 Å². The van der Waals surface area contributed by atoms with Crippen molar-refractivity contribution in [1.82, 2.24) is 4.90 Å². The second-order valence-corrected chi connectivity index (χ2v) is 8.99. The lowest BCUT2D eigenvalue weighted by atomic mass is 10.1. The fourth-order valence-electron chi connectivity index (χ4n) is 3.62. The van der Waals surface area contributed by atoms with Crippen LogP contribution in [0.5, 0.6) is 11.5 Å². The molecule has 0 saturated carbocycles. The Hall–Kier alpha value is -3.92. The fourth-order valence-corrected chi connectivity index (χ4v) is 4.72. The summed E-state index contributed by atoms with van der Waals surface area (Å²) >= 11 is 1.09. The maximum Gasteiger partial charge on any atom is 0.238 e. The molecule has 1 fully saturated rings. The summed E-state index contributed by atoms with van der Waals surface area (Å²) in [5, 5.41) is 2.00. The fraction of sp³-hybridized carbons (Fsp3) is 0.160. The third-order valence-electron chi connectivity index (χ3n) is 5.39. The molecule has 0 spiro atoms. The molecule has 35 heavy (non-hydrogen) atoms. The minimum Gasteiger partial charge on any atom is -0.454 e. The van der Waals surface area contributed by atoms with Gasteiger partial charge in [-0.2, -0.15) is 0 Å². The van der Waals surface area contributed by atoms with E-state index in [4.69, 9.17) is 9.47 Å². The number of ether oxygens (including phenoxy) is 2. The van der Waals surface area contributed by atoms with E-state index in [1.165, 1.54) is 47.4 Å². The van der Waals surface area contributed by atoms with Crippen LogP contribution in [0.1, 0.15) is 12.0 Å². The summed E-state index contributed by atoms with van der Waals surface area (Å²) in [6.07, 6.45) is -0.0993. The molecule has 2 aliphatic rings. The number of halogens is 2. The van der Waals surface area contributed by atoms with Gasteiger partial charge in [-0.1, -0.05) is 30.0 Å². The first kappa shape index (κ1) is 22.9. The maximum atomic E-state index is 14.0. The molecular formula is C25H19F2N3O4S. The lowest BCUT2D eigenvalue weighted by molar-refractivity contribution is -0.129. The highest BCUT2D eigenvalue weighted by Crippen LogP contribution is 2.35. The number of rotatable bonds is 5. The van der Waals surface area contributed by atoms with E-state index in [1.54, 1.807) is 18.2 Å². The first-order valence-corrected chi connectivity index (χ1v) is 11.6. The number of benzene rings is 3. The molecule has 3 aromatic carbocycles. The summed E-state index contributed by atoms with van der Waals surface area (Å²) in [6, 6.07) is 16.7. The molecule has 0 aromatic heterocycles. The molecule has 2 aliphatic heterocycles. The number of anilines is 1. The van der Waals surface area contributed by atoms with Crippen molar-refractivity contribution in [2.75, 3.05) is 12.1 Å². The Morgan fingerprint density at radius 3 is 2.63 bits per heavy atom. The molecule has 1 atom stereocenters. The smallest absolute Gasteiger partial charge is 0.238 e. The Kier molecular flexibility index (Phi) is 6.37. The third kappa shape index (κ3) is 5.12. The van der Waals surface area contributed by atoms with Crippen LogP contribution < -0.4 is 14.8 Å². The van der Waals surface area contributed by atoms with Crippen LogP contribution >= 0.6 is 11.8 Å². The highest BCUT2D eigenvalue weighted by molar-refractivity contribution is 8.15. The number of thioether (sulfide) groups is 1. The van der Waals surface area contributed by atoms with Crippen molar-refractivity contribution in [1.29, 1.82) is 0 Å². The van der Waals surface area contributed by atoms with Crippen molar-refractivity contribution in [2.24, 2.45) is 4.99 Å². The van der Waals surface area contributed by atoms with Crippen LogP contribution in [0.4, 0.5) is 20.2 Å². The monoisotopic (exact) mass is 495 g/mol. The molecule has 0 bridgehead atoms. The van der Waals surface area contributed by atoms with Crippen molar-refractivity contribution in [2.45, 2.75) is 18.2 Å². The lowest BCUT2D eigenvalue weighted by Crippen LogP contribution is -2.44. The molecule has 2 heterocycles. The molecule has 0 radical (unpaired) electrons. The molecule has 1 unspecified atom stereocenters. The van der Waals surface area contributed by atoms with Gasteiger partial charge in [-0.3, -0.25) is 14.5 Å². The summed E-state index contributed by atoms with van der Waals surface area (Å²) in [5.41, 5.74) is 1.24. The minimum absolute atomic E-state index is 0.0327. The Morgan fingerprint density at radius 2 is 1.83 bits per heavy atom. The first-order chi connectivity index (χ1) is 17.0. The van der Waals surface area contributed by atoms with E-state index in [-0.39, 0.29) is 36.5 Å². The zero-order valence-electron chi connectivity index (χ0n) is 18.2. The average molecular weight is 496 g/mol. The number of carbonyl (C=O) groups excluding carboxylic acids is 2. The van der Waals surface area contributed by atoms with Gasteiger partial charge in [0, 0.05) is 6.42 Å². The molecule has 0 aliphatic carbocycles. The minimum atomic E-state index is -0.825. The number of fused-ring (bicyclic) bond motifs is 1. The molecular weight excluding hydrogens is 476 g/mol. The summed E-state index contributed by atoms with van der Waals surface area (Å²) in [5.74, 6) is -0.616. The number of hydrogen-bond acceptors (Lipinski definition) is 6. The predicted molar refractivity (Wildman–Crippen MR) is 128 cm³/mol. The van der Waals surface area contributed by atoms with E-state index < -0.39 is 22.8 Å². The Balaban J connectivity index is 1.41. The van der Waals surface area contributed by atoms with Gasteiger partial charge in [0.2, 0.25) is 18.6 Å². The van der Waals surface area contributed by atoms with E-state index in [9.17, 15) is 18.4 Å². The second kappa shape index (κ2) is 9.75. The van der Waals surface area contributed by atoms with Crippen molar-refractivity contribution >= 4 is 40.1 Å². The Morgan fingerprint density at radius 1 is 1.06 bits per heavy atom. The number of hydrogen-bond donors (Lipinski definition) is 1. The van der Waals surface area contributed by atoms with E-state index in [1.807, 2.05) is 6.07 Å². The van der Waals surface area contributed by atoms with Crippen LogP contribution in [0.15, 0.2) is 71.7 Å². The summed E-state index contributed by atoms with van der Waals surface area (Å²) in [6.45, 7) is 0.317. The average Bonchev–Trinajstić information content (AvgIpc) is 3.32. The normalized spacial score (nSPS) is 18.1. The summed E-state index contributed by atoms with van der Waals surface area (Å²) in [7, 11) is 0. The van der Waals surface area contributed by atoms with Crippen LogP contribution in [0.2, 0.25) is 0 Å². The number of nitrogens with one attached hydrogen (secondary N) is 1. The Bertz CT molecular complexity index is 1320. The van der Waals surface area contributed by atoms with Crippen LogP contribution in [0.3, 0.4) is 0 Å². The summed E-state index contributed by atoms with van der Waals surface area (Å²) in [4.78, 5) is 32.1. The van der Waals surface area contributed by atoms with Crippen LogP contribution in [0, 0.1) is 11.6 Å². The zero-order valence-corrected chi connectivity index (χ0v) is 19.1. The van der Waals surface area contributed by atoms with Gasteiger partial charge >= 0.3 is 0 Å². The molecule has 3 aromatic rings.